The Kier molecular flexibility index (Phi) is 3.67. The van der Waals surface area contributed by atoms with E-state index in [1.807, 2.05) is 17.0 Å². The van der Waals surface area contributed by atoms with Crippen LogP contribution in [0.5, 0.6) is 0 Å². The van der Waals surface area contributed by atoms with E-state index in [0.717, 1.165) is 35.9 Å². The maximum Gasteiger partial charge on any atom is 0.254 e. The highest BCUT2D eigenvalue weighted by atomic mass is 16.5. The highest BCUT2D eigenvalue weighted by Gasteiger charge is 2.32. The number of Topliss-reactive ketones (excluding diaryl/α,β-unsaturated/α-hetero) is 1. The van der Waals surface area contributed by atoms with Crippen molar-refractivity contribution in [3.05, 3.63) is 52.2 Å². The minimum atomic E-state index is -0.0176. The van der Waals surface area contributed by atoms with E-state index >= 15 is 0 Å². The first-order valence-corrected chi connectivity index (χ1v) is 9.21. The minimum Gasteiger partial charge on any atom is -0.445 e. The van der Waals surface area contributed by atoms with Crippen molar-refractivity contribution >= 4 is 11.7 Å². The summed E-state index contributed by atoms with van der Waals surface area (Å²) in [6, 6.07) is 5.46. The van der Waals surface area contributed by atoms with Crippen LogP contribution in [0.2, 0.25) is 0 Å². The third-order valence-corrected chi connectivity index (χ3v) is 5.62. The maximum atomic E-state index is 13.1. The lowest BCUT2D eigenvalue weighted by Gasteiger charge is -2.26. The second kappa shape index (κ2) is 6.06. The zero-order valence-corrected chi connectivity index (χ0v) is 14.5. The molecule has 6 heteroatoms. The maximum absolute atomic E-state index is 13.1. The number of nitrogens with zero attached hydrogens (tertiary/aromatic N) is 2. The van der Waals surface area contributed by atoms with Crippen LogP contribution < -0.4 is 0 Å². The molecule has 0 saturated carbocycles. The number of carbonyl (C=O) groups excluding carboxylic acids is 2. The van der Waals surface area contributed by atoms with E-state index in [4.69, 9.17) is 9.15 Å². The lowest BCUT2D eigenvalue weighted by Crippen LogP contribution is -2.36. The SMILES string of the molecule is O=C1CCc2c1cccc2C(=O)N1CCc2oc(C3CCOC3)nc2C1. The molecule has 1 saturated heterocycles. The fraction of sp³-hybridized carbons (Fsp3) is 0.450. The quantitative estimate of drug-likeness (QED) is 0.830. The Morgan fingerprint density at radius 3 is 3.00 bits per heavy atom. The van der Waals surface area contributed by atoms with Crippen LogP contribution in [-0.4, -0.2) is 41.3 Å². The van der Waals surface area contributed by atoms with Gasteiger partial charge in [-0.2, -0.15) is 0 Å². The molecule has 1 amide bonds. The molecule has 2 aromatic rings. The fourth-order valence-corrected chi connectivity index (χ4v) is 4.16. The third-order valence-electron chi connectivity index (χ3n) is 5.62. The van der Waals surface area contributed by atoms with Crippen LogP contribution in [0.25, 0.3) is 0 Å². The first kappa shape index (κ1) is 15.8. The molecule has 1 aromatic heterocycles. The van der Waals surface area contributed by atoms with Gasteiger partial charge in [-0.3, -0.25) is 9.59 Å². The molecule has 26 heavy (non-hydrogen) atoms. The Morgan fingerprint density at radius 2 is 2.15 bits per heavy atom. The zero-order chi connectivity index (χ0) is 17.7. The van der Waals surface area contributed by atoms with Gasteiger partial charge >= 0.3 is 0 Å². The summed E-state index contributed by atoms with van der Waals surface area (Å²) in [6.45, 7) is 2.48. The number of oxazole rings is 1. The van der Waals surface area contributed by atoms with Gasteiger partial charge in [-0.1, -0.05) is 12.1 Å². The average molecular weight is 352 g/mol. The summed E-state index contributed by atoms with van der Waals surface area (Å²) in [5.41, 5.74) is 3.12. The summed E-state index contributed by atoms with van der Waals surface area (Å²) in [5.74, 6) is 1.98. The van der Waals surface area contributed by atoms with E-state index < -0.39 is 0 Å². The van der Waals surface area contributed by atoms with Gasteiger partial charge in [0.1, 0.15) is 11.5 Å². The second-order valence-electron chi connectivity index (χ2n) is 7.21. The number of hydrogen-bond acceptors (Lipinski definition) is 5. The van der Waals surface area contributed by atoms with Gasteiger partial charge in [-0.05, 0) is 24.5 Å². The highest BCUT2D eigenvalue weighted by molar-refractivity contribution is 6.05. The van der Waals surface area contributed by atoms with Gasteiger partial charge in [0.2, 0.25) is 0 Å². The molecular weight excluding hydrogens is 332 g/mol. The average Bonchev–Trinajstić information content (AvgIpc) is 3.39. The molecule has 0 spiro atoms. The molecule has 0 N–H and O–H groups in total. The molecule has 1 atom stereocenters. The molecule has 1 aliphatic carbocycles. The number of ether oxygens (including phenoxy) is 1. The number of benzene rings is 1. The van der Waals surface area contributed by atoms with E-state index in [9.17, 15) is 9.59 Å². The van der Waals surface area contributed by atoms with Crippen molar-refractivity contribution in [3.8, 4) is 0 Å². The topological polar surface area (TPSA) is 72.6 Å². The van der Waals surface area contributed by atoms with Crippen molar-refractivity contribution in [2.45, 2.75) is 38.1 Å². The number of fused-ring (bicyclic) bond motifs is 2. The van der Waals surface area contributed by atoms with Crippen LogP contribution in [0.15, 0.2) is 22.6 Å². The standard InChI is InChI=1S/C20H20N2O4/c23-17-5-4-13-14(17)2-1-3-15(13)20(24)22-8-6-18-16(10-22)21-19(26-18)12-7-9-25-11-12/h1-3,12H,4-11H2. The third kappa shape index (κ3) is 2.48. The molecule has 3 aliphatic rings. The van der Waals surface area contributed by atoms with Crippen LogP contribution in [0, 0.1) is 0 Å². The Balaban J connectivity index is 1.39. The van der Waals surface area contributed by atoms with Crippen molar-refractivity contribution in [1.29, 1.82) is 0 Å². The normalized spacial score (nSPS) is 21.8. The molecule has 134 valence electrons. The number of aromatic nitrogens is 1. The lowest BCUT2D eigenvalue weighted by atomic mass is 10.0. The second-order valence-corrected chi connectivity index (χ2v) is 7.21. The monoisotopic (exact) mass is 352 g/mol. The number of carbonyl (C=O) groups is 2. The van der Waals surface area contributed by atoms with Crippen molar-refractivity contribution in [3.63, 3.8) is 0 Å². The molecule has 1 aromatic carbocycles. The molecule has 6 nitrogen and oxygen atoms in total. The Morgan fingerprint density at radius 1 is 1.23 bits per heavy atom. The molecular formula is C20H20N2O4. The lowest BCUT2D eigenvalue weighted by molar-refractivity contribution is 0.0726. The first-order chi connectivity index (χ1) is 12.7. The van der Waals surface area contributed by atoms with Gasteiger partial charge in [0, 0.05) is 37.1 Å². The van der Waals surface area contributed by atoms with Gasteiger partial charge in [0.25, 0.3) is 5.91 Å². The van der Waals surface area contributed by atoms with E-state index in [0.29, 0.717) is 50.1 Å². The van der Waals surface area contributed by atoms with Gasteiger partial charge in [0.15, 0.2) is 11.7 Å². The zero-order valence-electron chi connectivity index (χ0n) is 14.5. The van der Waals surface area contributed by atoms with E-state index in [1.54, 1.807) is 6.07 Å². The predicted octanol–water partition coefficient (Wildman–Crippen LogP) is 2.51. The number of ketones is 1. The first-order valence-electron chi connectivity index (χ1n) is 9.21. The van der Waals surface area contributed by atoms with E-state index in [2.05, 4.69) is 4.98 Å². The molecule has 0 radical (unpaired) electrons. The summed E-state index contributed by atoms with van der Waals surface area (Å²) in [6.07, 6.45) is 2.77. The molecule has 5 rings (SSSR count). The molecule has 0 bridgehead atoms. The van der Waals surface area contributed by atoms with Crippen molar-refractivity contribution < 1.29 is 18.7 Å². The summed E-state index contributed by atoms with van der Waals surface area (Å²) < 4.78 is 11.4. The van der Waals surface area contributed by atoms with Crippen LogP contribution in [-0.2, 0) is 24.1 Å². The summed E-state index contributed by atoms with van der Waals surface area (Å²) in [5, 5.41) is 0. The summed E-state index contributed by atoms with van der Waals surface area (Å²) in [4.78, 5) is 31.5. The summed E-state index contributed by atoms with van der Waals surface area (Å²) in [7, 11) is 0. The number of hydrogen-bond donors (Lipinski definition) is 0. The number of amides is 1. The smallest absolute Gasteiger partial charge is 0.254 e. The molecule has 1 unspecified atom stereocenters. The van der Waals surface area contributed by atoms with E-state index in [1.165, 1.54) is 0 Å². The van der Waals surface area contributed by atoms with Crippen LogP contribution in [0.4, 0.5) is 0 Å². The van der Waals surface area contributed by atoms with E-state index in [-0.39, 0.29) is 17.6 Å². The van der Waals surface area contributed by atoms with Gasteiger partial charge < -0.3 is 14.1 Å². The van der Waals surface area contributed by atoms with Crippen LogP contribution >= 0.6 is 0 Å². The molecule has 2 aliphatic heterocycles. The van der Waals surface area contributed by atoms with Gasteiger partial charge in [0.05, 0.1) is 19.1 Å². The van der Waals surface area contributed by atoms with Crippen LogP contribution in [0.3, 0.4) is 0 Å². The number of rotatable bonds is 2. The Labute approximate surface area is 151 Å². The van der Waals surface area contributed by atoms with Crippen molar-refractivity contribution in [1.82, 2.24) is 9.88 Å². The minimum absolute atomic E-state index is 0.0176. The summed E-state index contributed by atoms with van der Waals surface area (Å²) >= 11 is 0. The fourth-order valence-electron chi connectivity index (χ4n) is 4.16. The van der Waals surface area contributed by atoms with Crippen LogP contribution in [0.1, 0.15) is 62.4 Å². The highest BCUT2D eigenvalue weighted by Crippen LogP contribution is 2.31. The Bertz CT molecular complexity index is 895. The van der Waals surface area contributed by atoms with Crippen molar-refractivity contribution in [2.75, 3.05) is 19.8 Å². The molecule has 3 heterocycles. The van der Waals surface area contributed by atoms with Gasteiger partial charge in [-0.25, -0.2) is 4.98 Å². The largest absolute Gasteiger partial charge is 0.445 e. The van der Waals surface area contributed by atoms with Gasteiger partial charge in [-0.15, -0.1) is 0 Å². The predicted molar refractivity (Wildman–Crippen MR) is 92.2 cm³/mol. The molecule has 1 fully saturated rings. The van der Waals surface area contributed by atoms with Crippen molar-refractivity contribution in [2.24, 2.45) is 0 Å². The Hall–Kier alpha value is -2.47.